The molecule has 2 nitrogen and oxygen atoms in total. The molecular weight excluding hydrogens is 160 g/mol. The highest BCUT2D eigenvalue weighted by molar-refractivity contribution is 5.79. The van der Waals surface area contributed by atoms with E-state index in [1.807, 2.05) is 18.3 Å². The molecule has 0 amide bonds. The number of rotatable bonds is 3. The molecule has 0 aliphatic carbocycles. The Hall–Kier alpha value is -1.57. The minimum atomic E-state index is 0.974. The maximum Gasteiger partial charge on any atom is 0.137 e. The molecule has 2 aromatic rings. The van der Waals surface area contributed by atoms with E-state index in [0.29, 0.717) is 0 Å². The number of nitrogens with one attached hydrogen (secondary N) is 1. The lowest BCUT2D eigenvalue weighted by molar-refractivity contribution is 1.01. The number of hydrogen-bond acceptors (Lipinski definition) is 1. The number of allylic oxidation sites excluding steroid dienone is 1. The zero-order valence-electron chi connectivity index (χ0n) is 7.46. The molecule has 2 heteroatoms. The van der Waals surface area contributed by atoms with Crippen LogP contribution in [0.4, 0.5) is 0 Å². The predicted octanol–water partition coefficient (Wildman–Crippen LogP) is 2.68. The first-order valence-corrected chi connectivity index (χ1v) is 4.43. The highest BCUT2D eigenvalue weighted by atomic mass is 14.8. The van der Waals surface area contributed by atoms with E-state index in [0.717, 1.165) is 18.5 Å². The number of fused-ring (bicyclic) bond motifs is 1. The first kappa shape index (κ1) is 8.05. The van der Waals surface area contributed by atoms with Crippen LogP contribution in [0.2, 0.25) is 0 Å². The third kappa shape index (κ3) is 1.47. The summed E-state index contributed by atoms with van der Waals surface area (Å²) in [6.07, 6.45) is 7.82. The molecule has 0 radical (unpaired) electrons. The summed E-state index contributed by atoms with van der Waals surface area (Å²) < 4.78 is 0. The molecule has 0 aromatic carbocycles. The lowest BCUT2D eigenvalue weighted by Crippen LogP contribution is -1.80. The van der Waals surface area contributed by atoms with Gasteiger partial charge in [0.15, 0.2) is 0 Å². The van der Waals surface area contributed by atoms with E-state index in [2.05, 4.69) is 22.6 Å². The number of H-pyrrole nitrogens is 1. The highest BCUT2D eigenvalue weighted by Crippen LogP contribution is 2.16. The molecule has 2 rings (SSSR count). The van der Waals surface area contributed by atoms with Gasteiger partial charge in [0.2, 0.25) is 0 Å². The standard InChI is InChI=1S/C11H12N2/c1-2-3-5-9-8-13-11-10(9)6-4-7-12-11/h2,4,6-8H,1,3,5H2,(H,12,13). The van der Waals surface area contributed by atoms with Crippen LogP contribution in [0.25, 0.3) is 11.0 Å². The lowest BCUT2D eigenvalue weighted by Gasteiger charge is -1.93. The zero-order valence-corrected chi connectivity index (χ0v) is 7.46. The van der Waals surface area contributed by atoms with Crippen molar-refractivity contribution in [3.8, 4) is 0 Å². The Labute approximate surface area is 77.3 Å². The van der Waals surface area contributed by atoms with Gasteiger partial charge < -0.3 is 4.98 Å². The summed E-state index contributed by atoms with van der Waals surface area (Å²) in [7, 11) is 0. The van der Waals surface area contributed by atoms with Crippen LogP contribution in [0, 0.1) is 0 Å². The highest BCUT2D eigenvalue weighted by Gasteiger charge is 2.01. The van der Waals surface area contributed by atoms with Gasteiger partial charge in [-0.05, 0) is 30.5 Å². The molecule has 0 saturated heterocycles. The number of aromatic amines is 1. The van der Waals surface area contributed by atoms with Gasteiger partial charge in [-0.1, -0.05) is 6.08 Å². The smallest absolute Gasteiger partial charge is 0.137 e. The number of aromatic nitrogens is 2. The average Bonchev–Trinajstić information content (AvgIpc) is 2.58. The summed E-state index contributed by atoms with van der Waals surface area (Å²) in [6.45, 7) is 3.71. The van der Waals surface area contributed by atoms with Crippen molar-refractivity contribution < 1.29 is 0 Å². The quantitative estimate of drug-likeness (QED) is 0.708. The van der Waals surface area contributed by atoms with Crippen molar-refractivity contribution in [2.24, 2.45) is 0 Å². The second-order valence-corrected chi connectivity index (χ2v) is 3.04. The van der Waals surface area contributed by atoms with Crippen LogP contribution >= 0.6 is 0 Å². The summed E-state index contributed by atoms with van der Waals surface area (Å²) in [5.74, 6) is 0. The largest absolute Gasteiger partial charge is 0.346 e. The molecule has 0 fully saturated rings. The molecule has 0 bridgehead atoms. The molecule has 0 aliphatic rings. The third-order valence-corrected chi connectivity index (χ3v) is 2.15. The molecule has 1 N–H and O–H groups in total. The van der Waals surface area contributed by atoms with E-state index in [1.165, 1.54) is 10.9 Å². The van der Waals surface area contributed by atoms with Gasteiger partial charge >= 0.3 is 0 Å². The minimum Gasteiger partial charge on any atom is -0.346 e. The third-order valence-electron chi connectivity index (χ3n) is 2.15. The Bertz CT molecular complexity index is 415. The van der Waals surface area contributed by atoms with E-state index >= 15 is 0 Å². The maximum absolute atomic E-state index is 4.23. The lowest BCUT2D eigenvalue weighted by atomic mass is 10.1. The van der Waals surface area contributed by atoms with Gasteiger partial charge in [0.05, 0.1) is 0 Å². The molecule has 0 atom stereocenters. The topological polar surface area (TPSA) is 28.7 Å². The van der Waals surface area contributed by atoms with Crippen LogP contribution < -0.4 is 0 Å². The van der Waals surface area contributed by atoms with Crippen molar-refractivity contribution in [2.75, 3.05) is 0 Å². The molecule has 0 spiro atoms. The molecule has 13 heavy (non-hydrogen) atoms. The van der Waals surface area contributed by atoms with Crippen molar-refractivity contribution in [1.29, 1.82) is 0 Å². The number of aryl methyl sites for hydroxylation is 1. The summed E-state index contributed by atoms with van der Waals surface area (Å²) in [5.41, 5.74) is 2.30. The van der Waals surface area contributed by atoms with Gasteiger partial charge in [0, 0.05) is 17.8 Å². The first-order chi connectivity index (χ1) is 6.42. The fraction of sp³-hybridized carbons (Fsp3) is 0.182. The molecular formula is C11H12N2. The van der Waals surface area contributed by atoms with Crippen molar-refractivity contribution in [3.05, 3.63) is 42.7 Å². The molecule has 0 aliphatic heterocycles. The Kier molecular flexibility index (Phi) is 2.13. The van der Waals surface area contributed by atoms with Crippen LogP contribution in [0.15, 0.2) is 37.2 Å². The Morgan fingerprint density at radius 3 is 3.31 bits per heavy atom. The molecule has 2 aromatic heterocycles. The van der Waals surface area contributed by atoms with E-state index in [4.69, 9.17) is 0 Å². The van der Waals surface area contributed by atoms with Gasteiger partial charge in [-0.15, -0.1) is 6.58 Å². The van der Waals surface area contributed by atoms with E-state index in [1.54, 1.807) is 6.20 Å². The minimum absolute atomic E-state index is 0.974. The second-order valence-electron chi connectivity index (χ2n) is 3.04. The van der Waals surface area contributed by atoms with Crippen LogP contribution in [-0.4, -0.2) is 9.97 Å². The molecule has 66 valence electrons. The van der Waals surface area contributed by atoms with E-state index < -0.39 is 0 Å². The number of hydrogen-bond donors (Lipinski definition) is 1. The molecule has 2 heterocycles. The first-order valence-electron chi connectivity index (χ1n) is 4.43. The Morgan fingerprint density at radius 2 is 2.46 bits per heavy atom. The Balaban J connectivity index is 2.40. The zero-order chi connectivity index (χ0) is 9.10. The fourth-order valence-electron chi connectivity index (χ4n) is 1.48. The monoisotopic (exact) mass is 172 g/mol. The van der Waals surface area contributed by atoms with Gasteiger partial charge in [0.1, 0.15) is 5.65 Å². The van der Waals surface area contributed by atoms with Crippen LogP contribution in [-0.2, 0) is 6.42 Å². The van der Waals surface area contributed by atoms with Gasteiger partial charge in [-0.25, -0.2) is 4.98 Å². The number of nitrogens with zero attached hydrogens (tertiary/aromatic N) is 1. The van der Waals surface area contributed by atoms with Crippen molar-refractivity contribution in [3.63, 3.8) is 0 Å². The summed E-state index contributed by atoms with van der Waals surface area (Å²) in [6, 6.07) is 4.06. The van der Waals surface area contributed by atoms with Crippen molar-refractivity contribution in [2.45, 2.75) is 12.8 Å². The summed E-state index contributed by atoms with van der Waals surface area (Å²) in [4.78, 5) is 7.38. The number of pyridine rings is 1. The van der Waals surface area contributed by atoms with Gasteiger partial charge in [-0.3, -0.25) is 0 Å². The molecule has 0 unspecified atom stereocenters. The SMILES string of the molecule is C=CCCc1c[nH]c2ncccc12. The molecule has 0 saturated carbocycles. The van der Waals surface area contributed by atoms with Crippen LogP contribution in [0.3, 0.4) is 0 Å². The normalized spacial score (nSPS) is 10.5. The van der Waals surface area contributed by atoms with E-state index in [9.17, 15) is 0 Å². The van der Waals surface area contributed by atoms with E-state index in [-0.39, 0.29) is 0 Å². The summed E-state index contributed by atoms with van der Waals surface area (Å²) >= 11 is 0. The van der Waals surface area contributed by atoms with Gasteiger partial charge in [-0.2, -0.15) is 0 Å². The predicted molar refractivity (Wildman–Crippen MR) is 54.6 cm³/mol. The maximum atomic E-state index is 4.23. The Morgan fingerprint density at radius 1 is 1.54 bits per heavy atom. The summed E-state index contributed by atoms with van der Waals surface area (Å²) in [5, 5.41) is 1.23. The van der Waals surface area contributed by atoms with Gasteiger partial charge in [0.25, 0.3) is 0 Å². The second kappa shape index (κ2) is 3.44. The van der Waals surface area contributed by atoms with Crippen LogP contribution in [0.5, 0.6) is 0 Å². The average molecular weight is 172 g/mol. The van der Waals surface area contributed by atoms with Crippen LogP contribution in [0.1, 0.15) is 12.0 Å². The fourth-order valence-corrected chi connectivity index (χ4v) is 1.48. The van der Waals surface area contributed by atoms with Crippen molar-refractivity contribution >= 4 is 11.0 Å². The van der Waals surface area contributed by atoms with Crippen molar-refractivity contribution in [1.82, 2.24) is 9.97 Å².